The average molecular weight is 259 g/mol. The van der Waals surface area contributed by atoms with Crippen LogP contribution < -0.4 is 5.73 Å². The Kier molecular flexibility index (Phi) is 3.11. The molecule has 3 rings (SSSR count). The summed E-state index contributed by atoms with van der Waals surface area (Å²) in [5.41, 5.74) is 10.2. The lowest BCUT2D eigenvalue weighted by Crippen LogP contribution is -2.13. The van der Waals surface area contributed by atoms with Crippen LogP contribution in [-0.2, 0) is 12.8 Å². The van der Waals surface area contributed by atoms with Gasteiger partial charge in [-0.3, -0.25) is 0 Å². The van der Waals surface area contributed by atoms with Gasteiger partial charge in [0.1, 0.15) is 5.82 Å². The van der Waals surface area contributed by atoms with E-state index in [0.29, 0.717) is 0 Å². The lowest BCUT2D eigenvalue weighted by atomic mass is 10.00. The Hall–Kier alpha value is -1.68. The molecule has 0 fully saturated rings. The Morgan fingerprint density at radius 2 is 2.11 bits per heavy atom. The molecule has 4 heteroatoms. The topological polar surface area (TPSA) is 43.8 Å². The van der Waals surface area contributed by atoms with E-state index in [0.717, 1.165) is 24.1 Å². The Labute approximate surface area is 112 Å². The van der Waals surface area contributed by atoms with E-state index in [-0.39, 0.29) is 11.9 Å². The van der Waals surface area contributed by atoms with E-state index < -0.39 is 0 Å². The number of halogens is 1. The monoisotopic (exact) mass is 259 g/mol. The SMILES string of the molecule is C[C@@H](N)c1cc(F)ccc1-n1cnc2c1CCCC2. The number of aromatic nitrogens is 2. The van der Waals surface area contributed by atoms with Gasteiger partial charge in [-0.05, 0) is 56.4 Å². The predicted octanol–water partition coefficient (Wildman–Crippen LogP) is 2.91. The second-order valence-corrected chi connectivity index (χ2v) is 5.21. The minimum Gasteiger partial charge on any atom is -0.324 e. The molecule has 3 nitrogen and oxygen atoms in total. The van der Waals surface area contributed by atoms with E-state index in [2.05, 4.69) is 9.55 Å². The number of hydrogen-bond acceptors (Lipinski definition) is 2. The fourth-order valence-electron chi connectivity index (χ4n) is 2.79. The highest BCUT2D eigenvalue weighted by atomic mass is 19.1. The highest BCUT2D eigenvalue weighted by Crippen LogP contribution is 2.27. The van der Waals surface area contributed by atoms with E-state index in [1.807, 2.05) is 13.3 Å². The molecule has 1 aliphatic rings. The third-order valence-electron chi connectivity index (χ3n) is 3.77. The van der Waals surface area contributed by atoms with Gasteiger partial charge in [-0.25, -0.2) is 9.37 Å². The maximum absolute atomic E-state index is 13.4. The molecule has 0 saturated heterocycles. The highest BCUT2D eigenvalue weighted by Gasteiger charge is 2.18. The van der Waals surface area contributed by atoms with Crippen molar-refractivity contribution in [2.45, 2.75) is 38.6 Å². The normalized spacial score (nSPS) is 16.2. The van der Waals surface area contributed by atoms with Crippen molar-refractivity contribution in [2.75, 3.05) is 0 Å². The summed E-state index contributed by atoms with van der Waals surface area (Å²) in [6, 6.07) is 4.60. The van der Waals surface area contributed by atoms with Crippen molar-refractivity contribution >= 4 is 0 Å². The molecule has 0 saturated carbocycles. The van der Waals surface area contributed by atoms with Gasteiger partial charge in [0.15, 0.2) is 0 Å². The number of aryl methyl sites for hydroxylation is 1. The minimum atomic E-state index is -0.245. The smallest absolute Gasteiger partial charge is 0.123 e. The molecule has 100 valence electrons. The van der Waals surface area contributed by atoms with Gasteiger partial charge in [0.05, 0.1) is 17.7 Å². The fourth-order valence-corrected chi connectivity index (χ4v) is 2.79. The van der Waals surface area contributed by atoms with Crippen LogP contribution in [0.3, 0.4) is 0 Å². The average Bonchev–Trinajstić information content (AvgIpc) is 2.82. The van der Waals surface area contributed by atoms with Gasteiger partial charge in [-0.1, -0.05) is 0 Å². The van der Waals surface area contributed by atoms with E-state index in [1.165, 1.54) is 36.4 Å². The maximum atomic E-state index is 13.4. The van der Waals surface area contributed by atoms with Crippen LogP contribution in [0.2, 0.25) is 0 Å². The highest BCUT2D eigenvalue weighted by molar-refractivity contribution is 5.45. The van der Waals surface area contributed by atoms with Crippen molar-refractivity contribution in [3.05, 3.63) is 47.3 Å². The first-order valence-electron chi connectivity index (χ1n) is 6.77. The zero-order chi connectivity index (χ0) is 13.4. The van der Waals surface area contributed by atoms with Crippen LogP contribution in [-0.4, -0.2) is 9.55 Å². The molecule has 1 atom stereocenters. The van der Waals surface area contributed by atoms with Gasteiger partial charge in [0, 0.05) is 11.7 Å². The summed E-state index contributed by atoms with van der Waals surface area (Å²) < 4.78 is 15.5. The van der Waals surface area contributed by atoms with Crippen molar-refractivity contribution in [1.29, 1.82) is 0 Å². The van der Waals surface area contributed by atoms with Crippen LogP contribution >= 0.6 is 0 Å². The number of hydrogen-bond donors (Lipinski definition) is 1. The van der Waals surface area contributed by atoms with Gasteiger partial charge < -0.3 is 10.3 Å². The third kappa shape index (κ3) is 2.16. The molecule has 0 aliphatic heterocycles. The molecule has 1 heterocycles. The second kappa shape index (κ2) is 4.78. The van der Waals surface area contributed by atoms with E-state index in [1.54, 1.807) is 6.07 Å². The second-order valence-electron chi connectivity index (χ2n) is 5.21. The van der Waals surface area contributed by atoms with Gasteiger partial charge in [-0.15, -0.1) is 0 Å². The quantitative estimate of drug-likeness (QED) is 0.901. The summed E-state index contributed by atoms with van der Waals surface area (Å²) in [6.07, 6.45) is 6.30. The van der Waals surface area contributed by atoms with Crippen LogP contribution in [0.1, 0.15) is 42.8 Å². The van der Waals surface area contributed by atoms with Crippen molar-refractivity contribution in [1.82, 2.24) is 9.55 Å². The molecule has 2 N–H and O–H groups in total. The zero-order valence-electron chi connectivity index (χ0n) is 11.1. The lowest BCUT2D eigenvalue weighted by molar-refractivity contribution is 0.619. The first-order valence-corrected chi connectivity index (χ1v) is 6.77. The van der Waals surface area contributed by atoms with Crippen LogP contribution in [0.4, 0.5) is 4.39 Å². The fraction of sp³-hybridized carbons (Fsp3) is 0.400. The van der Waals surface area contributed by atoms with E-state index in [9.17, 15) is 4.39 Å². The maximum Gasteiger partial charge on any atom is 0.123 e. The van der Waals surface area contributed by atoms with Crippen LogP contribution in [0.15, 0.2) is 24.5 Å². The summed E-state index contributed by atoms with van der Waals surface area (Å²) in [5.74, 6) is -0.245. The third-order valence-corrected chi connectivity index (χ3v) is 3.77. The van der Waals surface area contributed by atoms with Gasteiger partial charge >= 0.3 is 0 Å². The number of fused-ring (bicyclic) bond motifs is 1. The first-order chi connectivity index (χ1) is 9.16. The molecular formula is C15H18FN3. The Morgan fingerprint density at radius 3 is 2.89 bits per heavy atom. The number of nitrogens with zero attached hydrogens (tertiary/aromatic N) is 2. The van der Waals surface area contributed by atoms with Crippen LogP contribution in [0, 0.1) is 5.82 Å². The summed E-state index contributed by atoms with van der Waals surface area (Å²) >= 11 is 0. The molecule has 0 radical (unpaired) electrons. The van der Waals surface area contributed by atoms with Gasteiger partial charge in [0.25, 0.3) is 0 Å². The van der Waals surface area contributed by atoms with E-state index >= 15 is 0 Å². The van der Waals surface area contributed by atoms with Crippen LogP contribution in [0.25, 0.3) is 5.69 Å². The van der Waals surface area contributed by atoms with Crippen molar-refractivity contribution in [3.8, 4) is 5.69 Å². The molecule has 1 aromatic heterocycles. The number of nitrogens with two attached hydrogens (primary N) is 1. The molecule has 0 bridgehead atoms. The standard InChI is InChI=1S/C15H18FN3/c1-10(17)12-8-11(16)6-7-14(12)19-9-18-13-4-2-3-5-15(13)19/h6-10H,2-5,17H2,1H3/t10-/m1/s1. The largest absolute Gasteiger partial charge is 0.324 e. The molecule has 19 heavy (non-hydrogen) atoms. The Balaban J connectivity index is 2.14. The Morgan fingerprint density at radius 1 is 1.32 bits per heavy atom. The summed E-state index contributed by atoms with van der Waals surface area (Å²) in [4.78, 5) is 4.48. The molecule has 0 spiro atoms. The molecular weight excluding hydrogens is 241 g/mol. The Bertz CT molecular complexity index is 601. The lowest BCUT2D eigenvalue weighted by Gasteiger charge is -2.18. The van der Waals surface area contributed by atoms with Crippen molar-refractivity contribution in [3.63, 3.8) is 0 Å². The number of rotatable bonds is 2. The van der Waals surface area contributed by atoms with Gasteiger partial charge in [0.2, 0.25) is 0 Å². The number of benzene rings is 1. The zero-order valence-corrected chi connectivity index (χ0v) is 11.1. The summed E-state index contributed by atoms with van der Waals surface area (Å²) in [6.45, 7) is 1.88. The van der Waals surface area contributed by atoms with Crippen molar-refractivity contribution < 1.29 is 4.39 Å². The van der Waals surface area contributed by atoms with Gasteiger partial charge in [-0.2, -0.15) is 0 Å². The molecule has 1 aliphatic carbocycles. The molecule has 0 amide bonds. The predicted molar refractivity (Wildman–Crippen MR) is 72.8 cm³/mol. The number of imidazole rings is 1. The minimum absolute atomic E-state index is 0.202. The summed E-state index contributed by atoms with van der Waals surface area (Å²) in [7, 11) is 0. The molecule has 0 unspecified atom stereocenters. The van der Waals surface area contributed by atoms with Crippen LogP contribution in [0.5, 0.6) is 0 Å². The van der Waals surface area contributed by atoms with Crippen molar-refractivity contribution in [2.24, 2.45) is 5.73 Å². The summed E-state index contributed by atoms with van der Waals surface area (Å²) in [5, 5.41) is 0. The first kappa shape index (κ1) is 12.4. The molecule has 2 aromatic rings. The van der Waals surface area contributed by atoms with E-state index in [4.69, 9.17) is 5.73 Å². The molecule has 1 aromatic carbocycles.